The summed E-state index contributed by atoms with van der Waals surface area (Å²) in [6, 6.07) is 3.75. The molecule has 3 N–H and O–H groups in total. The Bertz CT molecular complexity index is 643. The molecule has 0 aromatic heterocycles. The molecule has 1 aliphatic rings. The highest BCUT2D eigenvalue weighted by molar-refractivity contribution is 7.89. The first-order valence-electron chi connectivity index (χ1n) is 6.65. The number of sulfonamides is 1. The van der Waals surface area contributed by atoms with Crippen LogP contribution in [-0.4, -0.2) is 30.7 Å². The number of hydrazine groups is 1. The summed E-state index contributed by atoms with van der Waals surface area (Å²) in [5, 5.41) is 11.1. The molecule has 0 aliphatic heterocycles. The summed E-state index contributed by atoms with van der Waals surface area (Å²) in [6.45, 7) is 2.42. The van der Waals surface area contributed by atoms with Gasteiger partial charge in [-0.3, -0.25) is 16.0 Å². The normalized spacial score (nSPS) is 15.2. The molecule has 0 saturated heterocycles. The third kappa shape index (κ3) is 3.31. The minimum absolute atomic E-state index is 0.283. The number of anilines is 1. The molecule has 116 valence electrons. The van der Waals surface area contributed by atoms with Gasteiger partial charge in [-0.1, -0.05) is 6.92 Å². The van der Waals surface area contributed by atoms with Crippen molar-refractivity contribution in [3.05, 3.63) is 28.3 Å². The molecule has 9 heteroatoms. The van der Waals surface area contributed by atoms with Crippen molar-refractivity contribution in [2.24, 2.45) is 11.8 Å². The lowest BCUT2D eigenvalue weighted by Crippen LogP contribution is -2.33. The lowest BCUT2D eigenvalue weighted by molar-refractivity contribution is -0.387. The third-order valence-corrected chi connectivity index (χ3v) is 5.44. The maximum Gasteiger partial charge on any atom is 0.291 e. The van der Waals surface area contributed by atoms with Crippen LogP contribution in [0.5, 0.6) is 0 Å². The molecule has 1 saturated carbocycles. The minimum atomic E-state index is -3.88. The second-order valence-electron chi connectivity index (χ2n) is 4.98. The molecule has 1 aromatic carbocycles. The molecule has 1 aliphatic carbocycles. The zero-order valence-corrected chi connectivity index (χ0v) is 12.5. The number of hydrogen-bond donors (Lipinski definition) is 2. The molecular formula is C12H18N4O4S. The Morgan fingerprint density at radius 1 is 1.48 bits per heavy atom. The molecule has 0 amide bonds. The predicted molar refractivity (Wildman–Crippen MR) is 78.1 cm³/mol. The molecule has 0 radical (unpaired) electrons. The van der Waals surface area contributed by atoms with Crippen LogP contribution in [0.1, 0.15) is 19.8 Å². The van der Waals surface area contributed by atoms with Gasteiger partial charge in [0.1, 0.15) is 0 Å². The van der Waals surface area contributed by atoms with Crippen molar-refractivity contribution in [1.29, 1.82) is 0 Å². The topological polar surface area (TPSA) is 119 Å². The number of nitrogens with zero attached hydrogens (tertiary/aromatic N) is 2. The number of nitro benzene ring substituents is 1. The summed E-state index contributed by atoms with van der Waals surface area (Å²) >= 11 is 0. The van der Waals surface area contributed by atoms with Gasteiger partial charge in [0.05, 0.1) is 10.6 Å². The maximum atomic E-state index is 12.6. The molecule has 21 heavy (non-hydrogen) atoms. The first-order chi connectivity index (χ1) is 9.90. The van der Waals surface area contributed by atoms with Crippen LogP contribution in [0.3, 0.4) is 0 Å². The Balaban J connectivity index is 2.44. The monoisotopic (exact) mass is 314 g/mol. The number of benzene rings is 1. The number of nitro groups is 1. The zero-order valence-electron chi connectivity index (χ0n) is 11.7. The van der Waals surface area contributed by atoms with E-state index in [1.165, 1.54) is 16.4 Å². The molecule has 2 rings (SSSR count). The van der Waals surface area contributed by atoms with Crippen LogP contribution >= 0.6 is 0 Å². The summed E-state index contributed by atoms with van der Waals surface area (Å²) in [5.74, 6) is 5.57. The molecule has 0 atom stereocenters. The first kappa shape index (κ1) is 15.7. The van der Waals surface area contributed by atoms with Crippen molar-refractivity contribution >= 4 is 21.4 Å². The average molecular weight is 314 g/mol. The van der Waals surface area contributed by atoms with Crippen molar-refractivity contribution in [2.75, 3.05) is 18.5 Å². The third-order valence-electron chi connectivity index (χ3n) is 3.45. The van der Waals surface area contributed by atoms with Crippen LogP contribution in [0.25, 0.3) is 0 Å². The minimum Gasteiger partial charge on any atom is -0.324 e. The van der Waals surface area contributed by atoms with Gasteiger partial charge in [0.2, 0.25) is 10.0 Å². The van der Waals surface area contributed by atoms with Gasteiger partial charge in [0.15, 0.2) is 4.90 Å². The molecule has 1 aromatic rings. The van der Waals surface area contributed by atoms with Gasteiger partial charge in [-0.25, -0.2) is 8.42 Å². The van der Waals surface area contributed by atoms with Crippen LogP contribution in [-0.2, 0) is 10.0 Å². The summed E-state index contributed by atoms with van der Waals surface area (Å²) < 4.78 is 26.5. The Hall–Kier alpha value is -1.71. The molecule has 0 unspecified atom stereocenters. The van der Waals surface area contributed by atoms with E-state index in [0.717, 1.165) is 18.9 Å². The van der Waals surface area contributed by atoms with E-state index in [9.17, 15) is 18.5 Å². The highest BCUT2D eigenvalue weighted by Gasteiger charge is 2.34. The van der Waals surface area contributed by atoms with E-state index in [-0.39, 0.29) is 17.1 Å². The Kier molecular flexibility index (Phi) is 4.45. The van der Waals surface area contributed by atoms with Gasteiger partial charge in [0.25, 0.3) is 5.69 Å². The fourth-order valence-corrected chi connectivity index (χ4v) is 3.76. The summed E-state index contributed by atoms with van der Waals surface area (Å²) in [5.41, 5.74) is 2.08. The van der Waals surface area contributed by atoms with Crippen LogP contribution in [0.2, 0.25) is 0 Å². The fourth-order valence-electron chi connectivity index (χ4n) is 2.09. The van der Waals surface area contributed by atoms with Crippen LogP contribution in [0.4, 0.5) is 11.4 Å². The molecular weight excluding hydrogens is 296 g/mol. The highest BCUT2D eigenvalue weighted by atomic mass is 32.2. The Morgan fingerprint density at radius 2 is 2.14 bits per heavy atom. The van der Waals surface area contributed by atoms with E-state index in [4.69, 9.17) is 5.84 Å². The quantitative estimate of drug-likeness (QED) is 0.445. The molecule has 0 bridgehead atoms. The molecule has 0 heterocycles. The second kappa shape index (κ2) is 5.96. The number of hydrogen-bond acceptors (Lipinski definition) is 6. The van der Waals surface area contributed by atoms with E-state index in [0.29, 0.717) is 12.5 Å². The zero-order chi connectivity index (χ0) is 15.6. The van der Waals surface area contributed by atoms with Gasteiger partial charge < -0.3 is 5.43 Å². The Morgan fingerprint density at radius 3 is 2.62 bits per heavy atom. The van der Waals surface area contributed by atoms with Crippen molar-refractivity contribution < 1.29 is 13.3 Å². The van der Waals surface area contributed by atoms with Crippen molar-refractivity contribution in [3.63, 3.8) is 0 Å². The lowest BCUT2D eigenvalue weighted by Gasteiger charge is -2.20. The average Bonchev–Trinajstić information content (AvgIpc) is 3.27. The summed E-state index contributed by atoms with van der Waals surface area (Å²) in [7, 11) is -3.88. The van der Waals surface area contributed by atoms with E-state index in [2.05, 4.69) is 5.43 Å². The van der Waals surface area contributed by atoms with Gasteiger partial charge in [-0.2, -0.15) is 4.31 Å². The second-order valence-corrected chi connectivity index (χ2v) is 6.89. The smallest absolute Gasteiger partial charge is 0.291 e. The van der Waals surface area contributed by atoms with E-state index < -0.39 is 20.6 Å². The molecule has 0 spiro atoms. The molecule has 1 fully saturated rings. The maximum absolute atomic E-state index is 12.6. The van der Waals surface area contributed by atoms with Gasteiger partial charge in [0, 0.05) is 19.2 Å². The number of nitrogens with one attached hydrogen (secondary N) is 1. The van der Waals surface area contributed by atoms with Crippen molar-refractivity contribution in [3.8, 4) is 0 Å². The van der Waals surface area contributed by atoms with E-state index in [1.54, 1.807) is 6.92 Å². The largest absolute Gasteiger partial charge is 0.324 e. The standard InChI is InChI=1S/C12H18N4O4S/c1-2-15(8-9-3-4-9)21(19,20)12-6-5-10(14-13)7-11(12)16(17)18/h5-7,9,14H,2-4,8,13H2,1H3. The predicted octanol–water partition coefficient (Wildman–Crippen LogP) is 1.30. The number of nitrogen functional groups attached to an aromatic ring is 1. The van der Waals surface area contributed by atoms with Gasteiger partial charge >= 0.3 is 0 Å². The van der Waals surface area contributed by atoms with Gasteiger partial charge in [-0.05, 0) is 30.9 Å². The molecule has 8 nitrogen and oxygen atoms in total. The Labute approximate surface area is 123 Å². The van der Waals surface area contributed by atoms with Crippen LogP contribution in [0, 0.1) is 16.0 Å². The number of nitrogens with two attached hydrogens (primary N) is 1. The van der Waals surface area contributed by atoms with Crippen molar-refractivity contribution in [2.45, 2.75) is 24.7 Å². The highest BCUT2D eigenvalue weighted by Crippen LogP contribution is 2.34. The van der Waals surface area contributed by atoms with E-state index >= 15 is 0 Å². The van der Waals surface area contributed by atoms with E-state index in [1.807, 2.05) is 0 Å². The number of rotatable bonds is 7. The van der Waals surface area contributed by atoms with Crippen molar-refractivity contribution in [1.82, 2.24) is 4.31 Å². The van der Waals surface area contributed by atoms with Gasteiger partial charge in [-0.15, -0.1) is 0 Å². The van der Waals surface area contributed by atoms with Crippen LogP contribution in [0.15, 0.2) is 23.1 Å². The summed E-state index contributed by atoms with van der Waals surface area (Å²) in [6.07, 6.45) is 2.01. The lowest BCUT2D eigenvalue weighted by atomic mass is 10.3. The summed E-state index contributed by atoms with van der Waals surface area (Å²) in [4.78, 5) is 10.1. The SMILES string of the molecule is CCN(CC1CC1)S(=O)(=O)c1ccc(NN)cc1[N+](=O)[O-]. The fraction of sp³-hybridized carbons (Fsp3) is 0.500. The van der Waals surface area contributed by atoms with Crippen LogP contribution < -0.4 is 11.3 Å². The first-order valence-corrected chi connectivity index (χ1v) is 8.09.